The first-order valence-electron chi connectivity index (χ1n) is 32.9. The Balaban J connectivity index is -0.000000269. The molecular weight excluding hydrogens is 1430 g/mol. The first-order valence-corrected chi connectivity index (χ1v) is 38.9. The number of aliphatic carboxylic acids is 2. The van der Waals surface area contributed by atoms with Gasteiger partial charge >= 0.3 is 0 Å². The summed E-state index contributed by atoms with van der Waals surface area (Å²) in [7, 11) is 6.59. The van der Waals surface area contributed by atoms with Crippen LogP contribution in [-0.2, 0) is 85.8 Å². The minimum Gasteiger partial charge on any atom is -0.756 e. The van der Waals surface area contributed by atoms with Crippen LogP contribution in [-0.4, -0.2) is 277 Å². The molecule has 6 amide bonds. The van der Waals surface area contributed by atoms with Crippen LogP contribution in [0.2, 0.25) is 0 Å². The van der Waals surface area contributed by atoms with Crippen molar-refractivity contribution in [1.29, 1.82) is 0 Å². The number of carboxylic acid groups (broad SMARTS) is 2. The van der Waals surface area contributed by atoms with Gasteiger partial charge in [-0.1, -0.05) is 104 Å². The van der Waals surface area contributed by atoms with Gasteiger partial charge in [0.05, 0.1) is 111 Å². The molecule has 0 fully saturated rings. The highest BCUT2D eigenvalue weighted by Gasteiger charge is 2.31. The topological polar surface area (TPSA) is 486 Å². The maximum absolute atomic E-state index is 11.8. The third kappa shape index (κ3) is 63.7. The summed E-state index contributed by atoms with van der Waals surface area (Å²) >= 11 is 0. The van der Waals surface area contributed by atoms with E-state index in [4.69, 9.17) is 0 Å². The number of nitrogens with one attached hydrogen (secondary N) is 6. The van der Waals surface area contributed by atoms with E-state index in [9.17, 15) is 93.4 Å². The lowest BCUT2D eigenvalue weighted by molar-refractivity contribution is -0.887. The molecule has 101 heavy (non-hydrogen) atoms. The average molecular weight is 1560 g/mol. The molecule has 0 aliphatic rings. The Morgan fingerprint density at radius 2 is 0.624 bits per heavy atom. The largest absolute Gasteiger partial charge is 0.756 e. The zero-order valence-corrected chi connectivity index (χ0v) is 69.6. The number of carbonyl (C=O) groups excluding carboxylic acids is 8. The van der Waals surface area contributed by atoms with Crippen LogP contribution in [0.4, 0.5) is 0 Å². The summed E-state index contributed by atoms with van der Waals surface area (Å²) in [5.74, 6) is -4.50. The summed E-state index contributed by atoms with van der Waals surface area (Å²) in [4.78, 5) is 113. The Kier molecular flexibility index (Phi) is 50.2. The van der Waals surface area contributed by atoms with E-state index in [0.29, 0.717) is 34.9 Å². The normalized spacial score (nSPS) is 14.5. The van der Waals surface area contributed by atoms with Gasteiger partial charge in [0.15, 0.2) is 51.9 Å². The number of carboxylic acids is 2. The van der Waals surface area contributed by atoms with Crippen molar-refractivity contribution in [2.24, 2.45) is 34.0 Å². The number of hydrogen-bond donors (Lipinski definition) is 6. The highest BCUT2D eigenvalue weighted by molar-refractivity contribution is 7.85. The first kappa shape index (κ1) is 108. The number of carbonyl (C=O) groups is 8. The molecule has 0 heterocycles. The highest BCUT2D eigenvalue weighted by Crippen LogP contribution is 2.39. The van der Waals surface area contributed by atoms with Gasteiger partial charge in [-0.2, -0.15) is 0 Å². The molecule has 0 aliphatic carbocycles. The van der Waals surface area contributed by atoms with Crippen molar-refractivity contribution in [3.05, 3.63) is 0 Å². The molecule has 36 nitrogen and oxygen atoms in total. The van der Waals surface area contributed by atoms with E-state index in [-0.39, 0.29) is 118 Å². The summed E-state index contributed by atoms with van der Waals surface area (Å²) in [6.07, 6.45) is 4.25. The quantitative estimate of drug-likeness (QED) is 0.0106. The fourth-order valence-electron chi connectivity index (χ4n) is 6.11. The molecule has 0 saturated carbocycles. The SMILES string of the molecule is CCC(C)(C)C(=O)NCOP(=O)([O-])OC[15N+]([13CH3])([13CH3])[13CH3].CCC(C)(C)C(=O)NC[15N+]([13CH3])([13CH3])CC(=O)[O-].CCC(C)(C)C(=O)NC[15N+]([13CH3])([13CH3])CS(=O)(=O)[O-].CCC(C)C(=O)NCOP(=O)([O-])OC[15N+]([13CH3])([13CH3])[13CH3].CCC(C)C(=O)NC[15N+]([13CH3])([13CH3])CC(=O)[O-].CCC(C)C(=O)NC[15N+]([13CH3])([13CH3])CS(=O)(=O)[O-]. The van der Waals surface area contributed by atoms with Gasteiger partial charge < -0.3 is 88.5 Å². The van der Waals surface area contributed by atoms with Gasteiger partial charge in [-0.15, -0.1) is 0 Å². The van der Waals surface area contributed by atoms with Gasteiger partial charge in [-0.3, -0.25) is 65.0 Å². The lowest BCUT2D eigenvalue weighted by Crippen LogP contribution is -2.55. The van der Waals surface area contributed by atoms with E-state index in [1.807, 2.05) is 76.2 Å². The Morgan fingerprint density at radius 1 is 0.396 bits per heavy atom. The highest BCUT2D eigenvalue weighted by atomic mass is 32.2. The Morgan fingerprint density at radius 3 is 0.861 bits per heavy atom. The van der Waals surface area contributed by atoms with Crippen molar-refractivity contribution in [2.75, 3.05) is 177 Å². The summed E-state index contributed by atoms with van der Waals surface area (Å²) in [6, 6.07) is 0. The second-order valence-corrected chi connectivity index (χ2v) is 36.7. The van der Waals surface area contributed by atoms with Crippen LogP contribution < -0.4 is 51.9 Å². The summed E-state index contributed by atoms with van der Waals surface area (Å²) in [5.41, 5.74) is -1.46. The number of hydrogen-bond acceptors (Lipinski definition) is 24. The number of nitrogens with zero attached hydrogens (tertiary/aromatic N) is 6. The van der Waals surface area contributed by atoms with Crippen LogP contribution in [0.5, 0.6) is 0 Å². The van der Waals surface area contributed by atoms with Gasteiger partial charge in [0.25, 0.3) is 15.6 Å². The molecule has 0 spiro atoms. The number of phosphoric acid groups is 2. The molecule has 0 saturated heterocycles. The van der Waals surface area contributed by atoms with Crippen molar-refractivity contribution >= 4 is 83.3 Å². The molecule has 6 N–H and O–H groups in total. The van der Waals surface area contributed by atoms with Crippen LogP contribution in [0.1, 0.15) is 142 Å². The number of likely N-dealkylation sites (N-methyl/N-ethyl adjacent to an activating group) is 2. The zero-order valence-electron chi connectivity index (χ0n) is 66.2. The minimum absolute atomic E-state index is 0.0277. The number of rotatable bonds is 40. The smallest absolute Gasteiger partial charge is 0.274 e. The molecule has 0 aromatic carbocycles. The second kappa shape index (κ2) is 47.2. The van der Waals surface area contributed by atoms with Crippen LogP contribution in [0, 0.1) is 34.0 Å². The van der Waals surface area contributed by atoms with Crippen LogP contribution in [0.15, 0.2) is 0 Å². The molecule has 0 aliphatic heterocycles. The van der Waals surface area contributed by atoms with Crippen molar-refractivity contribution < 1.29 is 138 Å². The van der Waals surface area contributed by atoms with Crippen molar-refractivity contribution in [2.45, 2.75) is 142 Å². The van der Waals surface area contributed by atoms with Crippen LogP contribution in [0.3, 0.4) is 0 Å². The van der Waals surface area contributed by atoms with E-state index < -0.39 is 89.3 Å². The van der Waals surface area contributed by atoms with E-state index in [1.165, 1.54) is 0 Å². The van der Waals surface area contributed by atoms with E-state index in [0.717, 1.165) is 19.3 Å². The standard InChI is InChI=1S/C11H25N2O5P.C11H22N2O3.C10H23N2O5P.C10H22N2O4S.C10H20N2O3.C9H20N2O4S/c1-7-11(2,3)10(14)12-8-17-19(15,16)18-9-13(4,5)6;1-6-11(2,3)10(16)12-8-13(4,5)7-9(14)15;1-6-9(2)10(13)11-7-16-18(14,15)17-8-12(3,4)5;1-6-10(2,3)9(13)11-7-12(4,5)8-17(14,15)16;1-5-8(2)10(15)11-7-12(3,4)6-9(13)14;1-5-8(2)9(12)10-6-11(3,4)7-16(13,14)15/h7-9H2,1-6H3,(H-,12,14,15,16);6-8H2,1-5H3,(H-,12,14,15,16);9H,6-8H2,1-5H3,(H-,11,13,14,15);6-8H2,1-5H3,(H-,11,13,14,15,16);8H,5-7H2,1-4H3,(H-,11,13,14,15);8H,5-7H2,1-4H3,(H-,10,12,13,14,15)/i4+1,5+1,6+1,13+1;4+1,5+1,13+1;3+1,4+1,5+1,12+1;4+1,5+1,12+1;3+1,4+1,12+1;3+1,4+1,11+1. The molecule has 5 unspecified atom stereocenters. The van der Waals surface area contributed by atoms with Crippen molar-refractivity contribution in [3.8, 4) is 0 Å². The van der Waals surface area contributed by atoms with Gasteiger partial charge in [0.1, 0.15) is 46.8 Å². The minimum atomic E-state index is -4.39. The molecule has 0 aromatic heterocycles. The van der Waals surface area contributed by atoms with E-state index >= 15 is 0 Å². The third-order valence-corrected chi connectivity index (χ3v) is 18.4. The van der Waals surface area contributed by atoms with Crippen molar-refractivity contribution in [1.82, 2.24) is 31.9 Å². The number of quaternary nitrogens is 6. The number of amides is 6. The van der Waals surface area contributed by atoms with Gasteiger partial charge in [0, 0.05) is 34.0 Å². The second-order valence-electron chi connectivity index (χ2n) is 31.1. The van der Waals surface area contributed by atoms with Crippen LogP contribution >= 0.6 is 15.6 Å². The lowest BCUT2D eigenvalue weighted by Gasteiger charge is -2.32. The number of phosphoric ester groups is 2. The van der Waals surface area contributed by atoms with Gasteiger partial charge in [-0.25, -0.2) is 16.8 Å². The predicted octanol–water partition coefficient (Wildman–Crippen LogP) is -1.05. The molecule has 0 rings (SSSR count). The molecule has 0 aromatic rings. The summed E-state index contributed by atoms with van der Waals surface area (Å²) in [5, 5.41) is 36.4. The van der Waals surface area contributed by atoms with E-state index in [1.54, 1.807) is 126 Å². The monoisotopic (exact) mass is 1560 g/mol. The molecule has 5 atom stereocenters. The molecular formula is C61H132N12O24P2S2. The fourth-order valence-corrected chi connectivity index (χ4v) is 9.58. The maximum atomic E-state index is 11.8. The maximum Gasteiger partial charge on any atom is 0.274 e. The Hall–Kier alpha value is -4.44. The molecule has 0 radical (unpaired) electrons. The van der Waals surface area contributed by atoms with Gasteiger partial charge in [-0.05, 0) is 38.5 Å². The summed E-state index contributed by atoms with van der Waals surface area (Å²) in [6.45, 7) is 27.4. The van der Waals surface area contributed by atoms with E-state index in [2.05, 4.69) is 50.0 Å². The molecule has 40 heteroatoms. The Labute approximate surface area is 604 Å². The third-order valence-electron chi connectivity index (χ3n) is 14.6. The first-order chi connectivity index (χ1) is 44.8. The average Bonchev–Trinajstić information content (AvgIpc) is 0.882. The van der Waals surface area contributed by atoms with Gasteiger partial charge in [0.2, 0.25) is 35.4 Å². The van der Waals surface area contributed by atoms with Crippen LogP contribution in [0.25, 0.3) is 0 Å². The lowest BCUT2D eigenvalue weighted by atomic mass is 9.89. The molecule has 602 valence electrons. The molecule has 0 bridgehead atoms. The fraction of sp³-hybridized carbons (Fsp3) is 0.869. The zero-order chi connectivity index (χ0) is 81.6. The summed E-state index contributed by atoms with van der Waals surface area (Å²) < 4.78 is 106. The predicted molar refractivity (Wildman–Crippen MR) is 371 cm³/mol. The van der Waals surface area contributed by atoms with Crippen molar-refractivity contribution in [3.63, 3.8) is 0 Å². The Bertz CT molecular complexity index is 2870.